The summed E-state index contributed by atoms with van der Waals surface area (Å²) in [6.07, 6.45) is -2.15. The first-order valence-corrected chi connectivity index (χ1v) is 24.7. The van der Waals surface area contributed by atoms with Crippen molar-refractivity contribution in [3.63, 3.8) is 0 Å². The van der Waals surface area contributed by atoms with Gasteiger partial charge in [-0.3, -0.25) is 24.1 Å². The van der Waals surface area contributed by atoms with Crippen molar-refractivity contribution in [2.45, 2.75) is 91.1 Å². The maximum atomic E-state index is 15.4. The summed E-state index contributed by atoms with van der Waals surface area (Å²) in [7, 11) is 0. The van der Waals surface area contributed by atoms with Crippen LogP contribution in [0.5, 0.6) is 11.6 Å². The second kappa shape index (κ2) is 22.4. The van der Waals surface area contributed by atoms with Crippen LogP contribution in [0.15, 0.2) is 84.5 Å². The summed E-state index contributed by atoms with van der Waals surface area (Å²) in [6, 6.07) is 19.0. The van der Waals surface area contributed by atoms with E-state index in [1.807, 2.05) is 57.5 Å². The molecule has 2 unspecified atom stereocenters. The molecule has 2 aliphatic rings. The van der Waals surface area contributed by atoms with Gasteiger partial charge in [-0.1, -0.05) is 45.0 Å². The molecule has 2 aliphatic heterocycles. The van der Waals surface area contributed by atoms with Gasteiger partial charge in [0.2, 0.25) is 17.7 Å². The van der Waals surface area contributed by atoms with E-state index >= 15 is 4.39 Å². The van der Waals surface area contributed by atoms with Crippen molar-refractivity contribution in [1.82, 2.24) is 25.5 Å². The molecule has 21 heteroatoms. The summed E-state index contributed by atoms with van der Waals surface area (Å²) in [5.41, 5.74) is -0.148. The third-order valence-corrected chi connectivity index (χ3v) is 13.7. The number of thiazole rings is 1. The number of carbonyl (C=O) groups excluding carboxylic acids is 4. The Bertz CT molecular complexity index is 2880. The largest absolute Gasteiger partial charge is 0.491 e. The van der Waals surface area contributed by atoms with E-state index in [0.717, 1.165) is 33.8 Å². The van der Waals surface area contributed by atoms with Gasteiger partial charge in [-0.05, 0) is 105 Å². The van der Waals surface area contributed by atoms with E-state index in [2.05, 4.69) is 20.6 Å². The predicted octanol–water partition coefficient (Wildman–Crippen LogP) is 8.78. The van der Waals surface area contributed by atoms with Gasteiger partial charge in [-0.15, -0.1) is 11.3 Å². The quantitative estimate of drug-likeness (QED) is 0.0485. The van der Waals surface area contributed by atoms with Crippen LogP contribution in [0.25, 0.3) is 10.4 Å². The maximum absolute atomic E-state index is 15.4. The molecule has 7 rings (SSSR count). The van der Waals surface area contributed by atoms with Gasteiger partial charge in [0.15, 0.2) is 10.9 Å². The monoisotopic (exact) mass is 1040 g/mol. The minimum Gasteiger partial charge on any atom is -0.491 e. The van der Waals surface area contributed by atoms with Gasteiger partial charge in [0.25, 0.3) is 11.8 Å². The summed E-state index contributed by atoms with van der Waals surface area (Å²) >= 11 is 7.07. The average molecular weight is 1040 g/mol. The van der Waals surface area contributed by atoms with Crippen LogP contribution in [0.3, 0.4) is 0 Å². The number of aryl methyl sites for hydroxylation is 1. The van der Waals surface area contributed by atoms with Crippen LogP contribution >= 0.6 is 23.6 Å². The molecular formula is C52H54F4N8O7S2. The average Bonchev–Trinajstić information content (AvgIpc) is 4.07. The number of likely N-dealkylation sites (tertiary alicyclic amines) is 1. The summed E-state index contributed by atoms with van der Waals surface area (Å²) < 4.78 is 73.8. The Kier molecular flexibility index (Phi) is 16.5. The van der Waals surface area contributed by atoms with E-state index in [1.165, 1.54) is 37.1 Å². The number of rotatable bonds is 18. The van der Waals surface area contributed by atoms with Gasteiger partial charge in [-0.2, -0.15) is 18.4 Å². The van der Waals surface area contributed by atoms with Crippen LogP contribution < -0.4 is 29.9 Å². The summed E-state index contributed by atoms with van der Waals surface area (Å²) in [5.74, 6) is -2.83. The molecule has 0 aliphatic carbocycles. The highest BCUT2D eigenvalue weighted by Crippen LogP contribution is 2.42. The van der Waals surface area contributed by atoms with Crippen molar-refractivity contribution >= 4 is 63.7 Å². The third kappa shape index (κ3) is 12.1. The van der Waals surface area contributed by atoms with Gasteiger partial charge in [0, 0.05) is 37.7 Å². The van der Waals surface area contributed by atoms with Crippen LogP contribution in [0, 0.1) is 29.5 Å². The molecule has 4 amide bonds. The van der Waals surface area contributed by atoms with Crippen LogP contribution in [-0.2, 0) is 31.8 Å². The fraction of sp³-hybridized carbons (Fsp3) is 0.385. The Labute approximate surface area is 429 Å². The number of nitriles is 1. The first-order chi connectivity index (χ1) is 34.6. The molecule has 2 aromatic heterocycles. The Morgan fingerprint density at radius 3 is 2.32 bits per heavy atom. The number of alkyl halides is 3. The number of anilines is 2. The SMILES string of the molecule is Cc1ncsc1-c1ccc(CNC(=O)C2CCCN2C(=O)C(NC(=O)c2ccc(OCCOCCCOc3ccc(N4C(=S)N(c5ccc(C#N)c(C(F)(F)F)c5F)C(=O)C4(C)C)cn3)cc2)C(C)(C)C)cc1. The molecule has 0 saturated carbocycles. The lowest BCUT2D eigenvalue weighted by molar-refractivity contribution is -0.142. The fourth-order valence-electron chi connectivity index (χ4n) is 8.49. The number of benzene rings is 3. The molecule has 2 saturated heterocycles. The van der Waals surface area contributed by atoms with Crippen molar-refractivity contribution < 1.29 is 51.0 Å². The number of pyridine rings is 1. The molecule has 0 radical (unpaired) electrons. The second-order valence-electron chi connectivity index (χ2n) is 18.9. The highest BCUT2D eigenvalue weighted by molar-refractivity contribution is 7.81. The van der Waals surface area contributed by atoms with Crippen molar-refractivity contribution in [2.24, 2.45) is 5.41 Å². The number of halogens is 4. The van der Waals surface area contributed by atoms with E-state index in [0.29, 0.717) is 60.9 Å². The van der Waals surface area contributed by atoms with Crippen molar-refractivity contribution in [3.8, 4) is 28.1 Å². The lowest BCUT2D eigenvalue weighted by atomic mass is 9.85. The zero-order chi connectivity index (χ0) is 52.8. The minimum atomic E-state index is -5.20. The van der Waals surface area contributed by atoms with E-state index in [-0.39, 0.29) is 42.6 Å². The predicted molar refractivity (Wildman–Crippen MR) is 269 cm³/mol. The Morgan fingerprint density at radius 1 is 0.959 bits per heavy atom. The highest BCUT2D eigenvalue weighted by atomic mass is 32.1. The molecule has 0 bridgehead atoms. The number of hydrogen-bond acceptors (Lipinski definition) is 12. The van der Waals surface area contributed by atoms with Crippen LogP contribution in [0.1, 0.15) is 86.6 Å². The van der Waals surface area contributed by atoms with Crippen LogP contribution in [-0.4, -0.2) is 94.2 Å². The van der Waals surface area contributed by atoms with Gasteiger partial charge in [0.1, 0.15) is 35.5 Å². The smallest absolute Gasteiger partial charge is 0.420 e. The van der Waals surface area contributed by atoms with Crippen molar-refractivity contribution in [2.75, 3.05) is 42.8 Å². The van der Waals surface area contributed by atoms with Gasteiger partial charge >= 0.3 is 6.18 Å². The van der Waals surface area contributed by atoms with Gasteiger partial charge in [0.05, 0.1) is 58.5 Å². The van der Waals surface area contributed by atoms with Gasteiger partial charge < -0.3 is 34.6 Å². The number of hydrogen-bond donors (Lipinski definition) is 2. The van der Waals surface area contributed by atoms with E-state index < -0.39 is 63.7 Å². The summed E-state index contributed by atoms with van der Waals surface area (Å²) in [6.45, 7) is 12.3. The Morgan fingerprint density at radius 2 is 1.68 bits per heavy atom. The number of nitrogens with one attached hydrogen (secondary N) is 2. The molecule has 384 valence electrons. The first-order valence-electron chi connectivity index (χ1n) is 23.4. The highest BCUT2D eigenvalue weighted by Gasteiger charge is 2.52. The topological polar surface area (TPSA) is 179 Å². The fourth-order valence-corrected chi connectivity index (χ4v) is 9.82. The number of carbonyl (C=O) groups is 4. The molecular weight excluding hydrogens is 989 g/mol. The molecule has 4 heterocycles. The standard InChI is InChI=1S/C52H54F4N8O7S2/c1-31-43(73-30-60-31)33-12-10-32(11-13-33)28-59-46(66)39-9-7-22-62(39)47(67)44(50(2,3)4)61-45(65)34-14-18-37(19-15-34)70-26-25-69-23-8-24-71-40-21-17-36(29-58-40)64-49(72)63(48(68)51(64,5)6)38-20-16-35(27-57)41(42(38)53)52(54,55)56/h10-21,29-30,39,44H,7-9,22-26,28H2,1-6H3,(H,59,66)(H,61,65). The van der Waals surface area contributed by atoms with Crippen LogP contribution in [0.4, 0.5) is 28.9 Å². The molecule has 2 atom stereocenters. The molecule has 3 aromatic carbocycles. The molecule has 0 spiro atoms. The molecule has 15 nitrogen and oxygen atoms in total. The third-order valence-electron chi connectivity index (χ3n) is 12.4. The van der Waals surface area contributed by atoms with E-state index in [1.54, 1.807) is 46.6 Å². The summed E-state index contributed by atoms with van der Waals surface area (Å²) in [5, 5.41) is 14.8. The van der Waals surface area contributed by atoms with Crippen molar-refractivity contribution in [1.29, 1.82) is 5.26 Å². The molecule has 2 fully saturated rings. The number of ether oxygens (including phenoxy) is 3. The van der Waals surface area contributed by atoms with E-state index in [9.17, 15) is 32.3 Å². The zero-order valence-corrected chi connectivity index (χ0v) is 42.6. The molecule has 73 heavy (non-hydrogen) atoms. The molecule has 2 N–H and O–H groups in total. The Balaban J connectivity index is 0.824. The Hall–Kier alpha value is -7.02. The number of nitrogens with zero attached hydrogens (tertiary/aromatic N) is 6. The normalized spacial score (nSPS) is 16.1. The van der Waals surface area contributed by atoms with Gasteiger partial charge in [-0.25, -0.2) is 14.4 Å². The lowest BCUT2D eigenvalue weighted by Crippen LogP contribution is -2.57. The van der Waals surface area contributed by atoms with E-state index in [4.69, 9.17) is 31.7 Å². The number of amides is 4. The molecule has 5 aromatic rings. The zero-order valence-electron chi connectivity index (χ0n) is 41.0. The summed E-state index contributed by atoms with van der Waals surface area (Å²) in [4.78, 5) is 67.9. The second-order valence-corrected chi connectivity index (χ2v) is 20.2. The maximum Gasteiger partial charge on any atom is 0.420 e. The first kappa shape index (κ1) is 53.8. The van der Waals surface area contributed by atoms with Crippen molar-refractivity contribution in [3.05, 3.63) is 118 Å². The number of aromatic nitrogens is 2. The van der Waals surface area contributed by atoms with Crippen LogP contribution in [0.2, 0.25) is 0 Å². The minimum absolute atomic E-state index is 0.218. The lowest BCUT2D eigenvalue weighted by Gasteiger charge is -2.35. The number of thiocarbonyl (C=S) groups is 1.